The molecule has 4 nitrogen and oxygen atoms in total. The summed E-state index contributed by atoms with van der Waals surface area (Å²) in [5.74, 6) is -0.538. The second-order valence-corrected chi connectivity index (χ2v) is 4.28. The van der Waals surface area contributed by atoms with Gasteiger partial charge in [-0.3, -0.25) is 4.79 Å². The van der Waals surface area contributed by atoms with Gasteiger partial charge in [0.05, 0.1) is 6.04 Å². The molecule has 1 aromatic heterocycles. The van der Waals surface area contributed by atoms with Crippen LogP contribution in [0.4, 0.5) is 4.39 Å². The number of amides is 1. The van der Waals surface area contributed by atoms with Crippen LogP contribution in [0.5, 0.6) is 5.75 Å². The molecule has 2 aromatic rings. The third kappa shape index (κ3) is 2.76. The van der Waals surface area contributed by atoms with Gasteiger partial charge in [0.25, 0.3) is 5.91 Å². The first-order chi connectivity index (χ1) is 8.99. The average molecular weight is 263 g/mol. The fourth-order valence-corrected chi connectivity index (χ4v) is 1.76. The first kappa shape index (κ1) is 13.1. The second-order valence-electron chi connectivity index (χ2n) is 4.28. The summed E-state index contributed by atoms with van der Waals surface area (Å²) in [5.41, 5.74) is -0.363. The van der Waals surface area contributed by atoms with E-state index < -0.39 is 17.8 Å². The molecule has 0 radical (unpaired) electrons. The zero-order valence-electron chi connectivity index (χ0n) is 10.6. The van der Waals surface area contributed by atoms with Crippen molar-refractivity contribution in [2.24, 2.45) is 0 Å². The Morgan fingerprint density at radius 3 is 2.68 bits per heavy atom. The zero-order chi connectivity index (χ0) is 14.0. The smallest absolute Gasteiger partial charge is 0.258 e. The van der Waals surface area contributed by atoms with E-state index >= 15 is 0 Å². The van der Waals surface area contributed by atoms with Gasteiger partial charge in [0, 0.05) is 0 Å². The van der Waals surface area contributed by atoms with Crippen LogP contribution in [0.15, 0.2) is 34.7 Å². The predicted molar refractivity (Wildman–Crippen MR) is 67.4 cm³/mol. The van der Waals surface area contributed by atoms with Gasteiger partial charge in [0.2, 0.25) is 0 Å². The van der Waals surface area contributed by atoms with Crippen LogP contribution in [-0.2, 0) is 0 Å². The highest BCUT2D eigenvalue weighted by Crippen LogP contribution is 2.22. The Hall–Kier alpha value is -2.30. The molecular weight excluding hydrogens is 249 g/mol. The number of furan rings is 1. The maximum absolute atomic E-state index is 13.5. The number of hydrogen-bond acceptors (Lipinski definition) is 3. The molecule has 1 atom stereocenters. The highest BCUT2D eigenvalue weighted by molar-refractivity contribution is 5.97. The van der Waals surface area contributed by atoms with Crippen LogP contribution in [0.2, 0.25) is 0 Å². The maximum Gasteiger partial charge on any atom is 0.258 e. The topological polar surface area (TPSA) is 62.5 Å². The maximum atomic E-state index is 13.5. The van der Waals surface area contributed by atoms with E-state index in [0.29, 0.717) is 5.76 Å². The fraction of sp³-hybridized carbons (Fsp3) is 0.214. The summed E-state index contributed by atoms with van der Waals surface area (Å²) in [6, 6.07) is 6.82. The number of halogens is 1. The Kier molecular flexibility index (Phi) is 3.55. The van der Waals surface area contributed by atoms with Gasteiger partial charge >= 0.3 is 0 Å². The number of phenols is 1. The van der Waals surface area contributed by atoms with E-state index in [2.05, 4.69) is 5.32 Å². The average Bonchev–Trinajstić information content (AvgIpc) is 2.75. The van der Waals surface area contributed by atoms with Gasteiger partial charge in [0.15, 0.2) is 0 Å². The molecule has 1 amide bonds. The lowest BCUT2D eigenvalue weighted by Gasteiger charge is -2.12. The molecule has 0 aliphatic carbocycles. The number of carbonyl (C=O) groups is 1. The third-order valence-electron chi connectivity index (χ3n) is 2.75. The number of rotatable bonds is 3. The van der Waals surface area contributed by atoms with Gasteiger partial charge in [-0.2, -0.15) is 0 Å². The lowest BCUT2D eigenvalue weighted by molar-refractivity contribution is 0.0928. The van der Waals surface area contributed by atoms with Crippen molar-refractivity contribution in [1.29, 1.82) is 0 Å². The van der Waals surface area contributed by atoms with Crippen molar-refractivity contribution in [2.75, 3.05) is 0 Å². The fourth-order valence-electron chi connectivity index (χ4n) is 1.76. The number of hydrogen-bond donors (Lipinski definition) is 2. The summed E-state index contributed by atoms with van der Waals surface area (Å²) in [4.78, 5) is 11.9. The van der Waals surface area contributed by atoms with Crippen LogP contribution in [0, 0.1) is 12.7 Å². The summed E-state index contributed by atoms with van der Waals surface area (Å²) in [6.07, 6.45) is 0. The quantitative estimate of drug-likeness (QED) is 0.895. The molecule has 19 heavy (non-hydrogen) atoms. The van der Waals surface area contributed by atoms with Crippen molar-refractivity contribution >= 4 is 5.91 Å². The van der Waals surface area contributed by atoms with Crippen LogP contribution >= 0.6 is 0 Å². The van der Waals surface area contributed by atoms with Crippen LogP contribution in [0.3, 0.4) is 0 Å². The Morgan fingerprint density at radius 2 is 2.11 bits per heavy atom. The van der Waals surface area contributed by atoms with Gasteiger partial charge in [-0.15, -0.1) is 0 Å². The molecule has 2 rings (SSSR count). The molecule has 0 saturated heterocycles. The molecule has 0 saturated carbocycles. The summed E-state index contributed by atoms with van der Waals surface area (Å²) in [6.45, 7) is 3.51. The Morgan fingerprint density at radius 1 is 1.37 bits per heavy atom. The van der Waals surface area contributed by atoms with E-state index in [1.807, 2.05) is 0 Å². The van der Waals surface area contributed by atoms with Crippen molar-refractivity contribution in [1.82, 2.24) is 5.32 Å². The number of aryl methyl sites for hydroxylation is 1. The lowest BCUT2D eigenvalue weighted by Crippen LogP contribution is -2.27. The van der Waals surface area contributed by atoms with Gasteiger partial charge in [-0.1, -0.05) is 6.07 Å². The standard InChI is InChI=1S/C14H14FNO3/c1-8-6-7-12(19-8)9(2)16-14(18)13-10(15)4-3-5-11(13)17/h3-7,9,17H,1-2H3,(H,16,18). The molecule has 0 bridgehead atoms. The molecule has 1 heterocycles. The van der Waals surface area contributed by atoms with Crippen molar-refractivity contribution in [3.05, 3.63) is 53.2 Å². The first-order valence-electron chi connectivity index (χ1n) is 5.83. The SMILES string of the molecule is Cc1ccc(C(C)NC(=O)c2c(O)cccc2F)o1. The molecular formula is C14H14FNO3. The van der Waals surface area contributed by atoms with E-state index in [4.69, 9.17) is 4.42 Å². The van der Waals surface area contributed by atoms with E-state index in [1.54, 1.807) is 26.0 Å². The molecule has 1 aromatic carbocycles. The zero-order valence-corrected chi connectivity index (χ0v) is 10.6. The molecule has 100 valence electrons. The number of phenolic OH excluding ortho intramolecular Hbond substituents is 1. The first-order valence-corrected chi connectivity index (χ1v) is 5.83. The molecule has 5 heteroatoms. The highest BCUT2D eigenvalue weighted by atomic mass is 19.1. The van der Waals surface area contributed by atoms with Crippen molar-refractivity contribution in [3.63, 3.8) is 0 Å². The number of aromatic hydroxyl groups is 1. The number of carbonyl (C=O) groups excluding carboxylic acids is 1. The lowest BCUT2D eigenvalue weighted by atomic mass is 10.1. The van der Waals surface area contributed by atoms with Gasteiger partial charge < -0.3 is 14.8 Å². The number of benzene rings is 1. The van der Waals surface area contributed by atoms with Gasteiger partial charge in [0.1, 0.15) is 28.7 Å². The monoisotopic (exact) mass is 263 g/mol. The number of nitrogens with one attached hydrogen (secondary N) is 1. The minimum absolute atomic E-state index is 0.363. The van der Waals surface area contributed by atoms with Crippen LogP contribution in [0.25, 0.3) is 0 Å². The van der Waals surface area contributed by atoms with E-state index in [0.717, 1.165) is 11.8 Å². The van der Waals surface area contributed by atoms with Crippen molar-refractivity contribution < 1.29 is 18.7 Å². The van der Waals surface area contributed by atoms with Crippen molar-refractivity contribution in [2.45, 2.75) is 19.9 Å². The third-order valence-corrected chi connectivity index (χ3v) is 2.75. The molecule has 0 aliphatic rings. The predicted octanol–water partition coefficient (Wildman–Crippen LogP) is 2.92. The van der Waals surface area contributed by atoms with Gasteiger partial charge in [-0.25, -0.2) is 4.39 Å². The van der Waals surface area contributed by atoms with E-state index in [1.165, 1.54) is 12.1 Å². The van der Waals surface area contributed by atoms with Crippen LogP contribution < -0.4 is 5.32 Å². The molecule has 1 unspecified atom stereocenters. The summed E-state index contributed by atoms with van der Waals surface area (Å²) in [5, 5.41) is 12.1. The van der Waals surface area contributed by atoms with Crippen molar-refractivity contribution in [3.8, 4) is 5.75 Å². The van der Waals surface area contributed by atoms with Crippen LogP contribution in [-0.4, -0.2) is 11.0 Å². The highest BCUT2D eigenvalue weighted by Gasteiger charge is 2.19. The Balaban J connectivity index is 2.17. The Labute approximate surface area is 109 Å². The van der Waals surface area contributed by atoms with E-state index in [-0.39, 0.29) is 11.3 Å². The van der Waals surface area contributed by atoms with Crippen LogP contribution in [0.1, 0.15) is 34.8 Å². The minimum atomic E-state index is -0.764. The largest absolute Gasteiger partial charge is 0.507 e. The summed E-state index contributed by atoms with van der Waals surface area (Å²) >= 11 is 0. The normalized spacial score (nSPS) is 12.2. The molecule has 0 fully saturated rings. The van der Waals surface area contributed by atoms with E-state index in [9.17, 15) is 14.3 Å². The molecule has 2 N–H and O–H groups in total. The minimum Gasteiger partial charge on any atom is -0.507 e. The second kappa shape index (κ2) is 5.14. The van der Waals surface area contributed by atoms with Gasteiger partial charge in [-0.05, 0) is 38.1 Å². The molecule has 0 spiro atoms. The summed E-state index contributed by atoms with van der Waals surface area (Å²) < 4.78 is 18.9. The summed E-state index contributed by atoms with van der Waals surface area (Å²) in [7, 11) is 0. The Bertz CT molecular complexity index is 586. The molecule has 0 aliphatic heterocycles.